The SMILES string of the molecule is CCC(Sc1nc(-c2ccc(OC)cc2)cc(-c2ccc(C)cc2)c1C#N)C(=O)Nc1cc(OC)ccc1OC. The third kappa shape index (κ3) is 6.38. The number of hydrogen-bond donors (Lipinski definition) is 1. The van der Waals surface area contributed by atoms with E-state index in [2.05, 4.69) is 11.4 Å². The van der Waals surface area contributed by atoms with Gasteiger partial charge in [-0.1, -0.05) is 48.5 Å². The number of hydrogen-bond acceptors (Lipinski definition) is 7. The largest absolute Gasteiger partial charge is 0.497 e. The van der Waals surface area contributed by atoms with E-state index in [-0.39, 0.29) is 5.91 Å². The Balaban J connectivity index is 1.76. The summed E-state index contributed by atoms with van der Waals surface area (Å²) in [4.78, 5) is 18.4. The Morgan fingerprint density at radius 3 is 2.17 bits per heavy atom. The van der Waals surface area contributed by atoms with E-state index in [1.165, 1.54) is 11.8 Å². The second kappa shape index (κ2) is 13.0. The number of nitriles is 1. The Morgan fingerprint density at radius 1 is 0.925 bits per heavy atom. The van der Waals surface area contributed by atoms with Gasteiger partial charge in [-0.2, -0.15) is 5.26 Å². The molecular formula is C32H31N3O4S. The molecule has 3 aromatic carbocycles. The number of aryl methyl sites for hydroxylation is 1. The van der Waals surface area contributed by atoms with E-state index in [0.717, 1.165) is 28.0 Å². The van der Waals surface area contributed by atoms with Gasteiger partial charge in [-0.25, -0.2) is 4.98 Å². The molecule has 40 heavy (non-hydrogen) atoms. The zero-order valence-corrected chi connectivity index (χ0v) is 24.0. The van der Waals surface area contributed by atoms with Gasteiger partial charge in [0.05, 0.1) is 43.5 Å². The van der Waals surface area contributed by atoms with Gasteiger partial charge >= 0.3 is 0 Å². The molecule has 204 valence electrons. The molecule has 0 saturated heterocycles. The number of anilines is 1. The number of ether oxygens (including phenoxy) is 3. The zero-order chi connectivity index (χ0) is 28.6. The maximum absolute atomic E-state index is 13.5. The van der Waals surface area contributed by atoms with Crippen LogP contribution in [0, 0.1) is 18.3 Å². The molecule has 1 N–H and O–H groups in total. The van der Waals surface area contributed by atoms with Crippen molar-refractivity contribution < 1.29 is 19.0 Å². The predicted molar refractivity (Wildman–Crippen MR) is 159 cm³/mol. The molecule has 1 atom stereocenters. The molecule has 0 aliphatic rings. The van der Waals surface area contributed by atoms with Gasteiger partial charge < -0.3 is 19.5 Å². The molecule has 0 aliphatic carbocycles. The number of rotatable bonds is 10. The van der Waals surface area contributed by atoms with Crippen molar-refractivity contribution in [1.82, 2.24) is 4.98 Å². The molecule has 1 unspecified atom stereocenters. The van der Waals surface area contributed by atoms with Crippen molar-refractivity contribution in [1.29, 1.82) is 5.26 Å². The van der Waals surface area contributed by atoms with Crippen molar-refractivity contribution in [2.75, 3.05) is 26.6 Å². The Kier molecular flexibility index (Phi) is 9.31. The van der Waals surface area contributed by atoms with Crippen molar-refractivity contribution in [2.24, 2.45) is 0 Å². The van der Waals surface area contributed by atoms with Crippen LogP contribution in [0.3, 0.4) is 0 Å². The lowest BCUT2D eigenvalue weighted by molar-refractivity contribution is -0.115. The maximum atomic E-state index is 13.5. The molecule has 8 heteroatoms. The first-order valence-electron chi connectivity index (χ1n) is 12.8. The molecule has 1 amide bonds. The number of carbonyl (C=O) groups is 1. The zero-order valence-electron chi connectivity index (χ0n) is 23.1. The molecule has 0 bridgehead atoms. The van der Waals surface area contributed by atoms with Gasteiger partial charge in [-0.3, -0.25) is 4.79 Å². The van der Waals surface area contributed by atoms with Crippen LogP contribution < -0.4 is 19.5 Å². The Morgan fingerprint density at radius 2 is 1.57 bits per heavy atom. The molecule has 4 rings (SSSR count). The van der Waals surface area contributed by atoms with Gasteiger partial charge in [0, 0.05) is 17.2 Å². The molecule has 0 saturated carbocycles. The highest BCUT2D eigenvalue weighted by Gasteiger charge is 2.24. The number of benzene rings is 3. The highest BCUT2D eigenvalue weighted by atomic mass is 32.2. The van der Waals surface area contributed by atoms with Crippen LogP contribution in [-0.2, 0) is 4.79 Å². The standard InChI is InChI=1S/C32H31N3O4S/c1-6-30(31(36)34-28-17-24(38-4)15-16-29(28)39-5)40-32-26(19-33)25(21-9-7-20(2)8-10-21)18-27(35-32)22-11-13-23(37-3)14-12-22/h7-18,30H,6H2,1-5H3,(H,34,36). The number of nitrogens with one attached hydrogen (secondary N) is 1. The quantitative estimate of drug-likeness (QED) is 0.209. The van der Waals surface area contributed by atoms with E-state index in [4.69, 9.17) is 19.2 Å². The normalized spacial score (nSPS) is 11.3. The summed E-state index contributed by atoms with van der Waals surface area (Å²) in [6, 6.07) is 25.1. The summed E-state index contributed by atoms with van der Waals surface area (Å²) in [6.45, 7) is 3.95. The van der Waals surface area contributed by atoms with Gasteiger partial charge in [0.2, 0.25) is 5.91 Å². The fourth-order valence-corrected chi connectivity index (χ4v) is 5.19. The molecule has 0 fully saturated rings. The first kappa shape index (κ1) is 28.5. The number of nitrogens with zero attached hydrogens (tertiary/aromatic N) is 2. The molecule has 0 aliphatic heterocycles. The van der Waals surface area contributed by atoms with E-state index in [0.29, 0.717) is 39.9 Å². The summed E-state index contributed by atoms with van der Waals surface area (Å²) in [6.07, 6.45) is 0.516. The number of carbonyl (C=O) groups excluding carboxylic acids is 1. The van der Waals surface area contributed by atoms with Crippen molar-refractivity contribution in [2.45, 2.75) is 30.5 Å². The van der Waals surface area contributed by atoms with Crippen LogP contribution in [0.15, 0.2) is 77.8 Å². The summed E-state index contributed by atoms with van der Waals surface area (Å²) in [7, 11) is 4.73. The Bertz CT molecular complexity index is 1530. The van der Waals surface area contributed by atoms with Gasteiger partial charge in [0.15, 0.2) is 0 Å². The third-order valence-electron chi connectivity index (χ3n) is 6.43. The second-order valence-corrected chi connectivity index (χ2v) is 10.2. The Labute approximate surface area is 239 Å². The van der Waals surface area contributed by atoms with E-state index in [1.54, 1.807) is 39.5 Å². The first-order valence-corrected chi connectivity index (χ1v) is 13.6. The molecule has 0 radical (unpaired) electrons. The maximum Gasteiger partial charge on any atom is 0.238 e. The van der Waals surface area contributed by atoms with Gasteiger partial charge in [-0.15, -0.1) is 0 Å². The third-order valence-corrected chi connectivity index (χ3v) is 7.78. The minimum atomic E-state index is -0.521. The van der Waals surface area contributed by atoms with E-state index in [9.17, 15) is 10.1 Å². The van der Waals surface area contributed by atoms with Crippen molar-refractivity contribution >= 4 is 23.4 Å². The van der Waals surface area contributed by atoms with E-state index < -0.39 is 5.25 Å². The lowest BCUT2D eigenvalue weighted by Crippen LogP contribution is -2.25. The average molecular weight is 554 g/mol. The van der Waals surface area contributed by atoms with Crippen LogP contribution in [-0.4, -0.2) is 37.5 Å². The summed E-state index contributed by atoms with van der Waals surface area (Å²) in [5, 5.41) is 13.2. The number of amides is 1. The smallest absolute Gasteiger partial charge is 0.238 e. The summed E-state index contributed by atoms with van der Waals surface area (Å²) in [5.74, 6) is 1.63. The minimum Gasteiger partial charge on any atom is -0.497 e. The summed E-state index contributed by atoms with van der Waals surface area (Å²) < 4.78 is 16.1. The van der Waals surface area contributed by atoms with Crippen LogP contribution in [0.4, 0.5) is 5.69 Å². The average Bonchev–Trinajstić information content (AvgIpc) is 2.99. The fourth-order valence-electron chi connectivity index (χ4n) is 4.17. The molecule has 1 aromatic heterocycles. The summed E-state index contributed by atoms with van der Waals surface area (Å²) >= 11 is 1.28. The van der Waals surface area contributed by atoms with Crippen molar-refractivity contribution in [3.05, 3.63) is 83.9 Å². The van der Waals surface area contributed by atoms with Crippen molar-refractivity contribution in [3.63, 3.8) is 0 Å². The summed E-state index contributed by atoms with van der Waals surface area (Å²) in [5.41, 5.74) is 5.29. The predicted octanol–water partition coefficient (Wildman–Crippen LogP) is 7.13. The number of methoxy groups -OCH3 is 3. The van der Waals surface area contributed by atoms with E-state index in [1.807, 2.05) is 68.4 Å². The molecule has 4 aromatic rings. The van der Waals surface area contributed by atoms with Gasteiger partial charge in [0.25, 0.3) is 0 Å². The lowest BCUT2D eigenvalue weighted by atomic mass is 9.98. The van der Waals surface area contributed by atoms with E-state index >= 15 is 0 Å². The van der Waals surface area contributed by atoms with Gasteiger partial charge in [-0.05, 0) is 61.4 Å². The topological polar surface area (TPSA) is 93.5 Å². The molecular weight excluding hydrogens is 522 g/mol. The number of pyridine rings is 1. The fraction of sp³-hybridized carbons (Fsp3) is 0.219. The lowest BCUT2D eigenvalue weighted by Gasteiger charge is -2.18. The Hall–Kier alpha value is -4.48. The van der Waals surface area contributed by atoms with Crippen LogP contribution in [0.2, 0.25) is 0 Å². The molecule has 1 heterocycles. The van der Waals surface area contributed by atoms with Crippen LogP contribution in [0.1, 0.15) is 24.5 Å². The first-order chi connectivity index (χ1) is 19.4. The van der Waals surface area contributed by atoms with Crippen molar-refractivity contribution in [3.8, 4) is 45.7 Å². The number of aromatic nitrogens is 1. The van der Waals surface area contributed by atoms with Crippen LogP contribution in [0.25, 0.3) is 22.4 Å². The van der Waals surface area contributed by atoms with Crippen LogP contribution >= 0.6 is 11.8 Å². The minimum absolute atomic E-state index is 0.225. The highest BCUT2D eigenvalue weighted by molar-refractivity contribution is 8.00. The molecule has 0 spiro atoms. The van der Waals surface area contributed by atoms with Gasteiger partial charge in [0.1, 0.15) is 28.3 Å². The van der Waals surface area contributed by atoms with Crippen LogP contribution in [0.5, 0.6) is 17.2 Å². The highest BCUT2D eigenvalue weighted by Crippen LogP contribution is 2.37. The molecule has 7 nitrogen and oxygen atoms in total. The second-order valence-electron chi connectivity index (χ2n) is 9.01. The number of thioether (sulfide) groups is 1. The monoisotopic (exact) mass is 553 g/mol.